The lowest BCUT2D eigenvalue weighted by Gasteiger charge is -2.16. The monoisotopic (exact) mass is 256 g/mol. The summed E-state index contributed by atoms with van der Waals surface area (Å²) in [6, 6.07) is 10.5. The van der Waals surface area contributed by atoms with Gasteiger partial charge in [-0.1, -0.05) is 24.3 Å². The Bertz CT molecular complexity index is 593. The molecule has 0 amide bonds. The Morgan fingerprint density at radius 3 is 2.72 bits per heavy atom. The topological polar surface area (TPSA) is 27.1 Å². The van der Waals surface area contributed by atoms with E-state index in [0.29, 0.717) is 5.84 Å². The SMILES string of the molecule is Cc1cc(CN2Cc3ccccc3C2=N)sc1C. The number of nitrogens with zero attached hydrogens (tertiary/aromatic N) is 1. The van der Waals surface area contributed by atoms with Crippen LogP contribution in [0.4, 0.5) is 0 Å². The predicted octanol–water partition coefficient (Wildman–Crippen LogP) is 3.71. The van der Waals surface area contributed by atoms with Crippen molar-refractivity contribution >= 4 is 17.2 Å². The molecule has 0 spiro atoms. The lowest BCUT2D eigenvalue weighted by atomic mass is 10.1. The molecule has 2 aromatic rings. The van der Waals surface area contributed by atoms with E-state index in [0.717, 1.165) is 18.7 Å². The van der Waals surface area contributed by atoms with Crippen LogP contribution in [-0.4, -0.2) is 10.7 Å². The minimum absolute atomic E-state index is 0.661. The fraction of sp³-hybridized carbons (Fsp3) is 0.267. The molecular formula is C15H16N2S. The van der Waals surface area contributed by atoms with Gasteiger partial charge in [-0.15, -0.1) is 11.3 Å². The first-order valence-electron chi connectivity index (χ1n) is 6.13. The zero-order valence-electron chi connectivity index (χ0n) is 10.7. The van der Waals surface area contributed by atoms with Gasteiger partial charge in [0.25, 0.3) is 0 Å². The Labute approximate surface area is 111 Å². The Morgan fingerprint density at radius 2 is 2.06 bits per heavy atom. The van der Waals surface area contributed by atoms with Gasteiger partial charge in [-0.25, -0.2) is 0 Å². The molecule has 0 fully saturated rings. The Balaban J connectivity index is 1.83. The number of benzene rings is 1. The van der Waals surface area contributed by atoms with E-state index in [-0.39, 0.29) is 0 Å². The summed E-state index contributed by atoms with van der Waals surface area (Å²) in [5.74, 6) is 0.661. The maximum Gasteiger partial charge on any atom is 0.129 e. The van der Waals surface area contributed by atoms with Crippen molar-refractivity contribution in [2.24, 2.45) is 0 Å². The fourth-order valence-corrected chi connectivity index (χ4v) is 3.46. The highest BCUT2D eigenvalue weighted by Gasteiger charge is 2.23. The third-order valence-electron chi connectivity index (χ3n) is 3.51. The second-order valence-electron chi connectivity index (χ2n) is 4.81. The molecule has 0 atom stereocenters. The number of thiophene rings is 1. The molecule has 0 bridgehead atoms. The van der Waals surface area contributed by atoms with E-state index in [2.05, 4.69) is 36.9 Å². The molecule has 3 rings (SSSR count). The molecule has 0 saturated heterocycles. The summed E-state index contributed by atoms with van der Waals surface area (Å²) in [7, 11) is 0. The van der Waals surface area contributed by atoms with Crippen molar-refractivity contribution in [2.75, 3.05) is 0 Å². The van der Waals surface area contributed by atoms with Gasteiger partial charge >= 0.3 is 0 Å². The van der Waals surface area contributed by atoms with Gasteiger partial charge in [-0.3, -0.25) is 5.41 Å². The Kier molecular flexibility index (Phi) is 2.71. The highest BCUT2D eigenvalue weighted by Crippen LogP contribution is 2.27. The van der Waals surface area contributed by atoms with E-state index >= 15 is 0 Å². The van der Waals surface area contributed by atoms with Gasteiger partial charge in [0.2, 0.25) is 0 Å². The van der Waals surface area contributed by atoms with Crippen LogP contribution in [0.1, 0.15) is 26.4 Å². The first-order valence-corrected chi connectivity index (χ1v) is 6.94. The maximum atomic E-state index is 8.23. The molecule has 1 aromatic carbocycles. The van der Waals surface area contributed by atoms with E-state index < -0.39 is 0 Å². The van der Waals surface area contributed by atoms with Crippen molar-refractivity contribution in [1.29, 1.82) is 5.41 Å². The summed E-state index contributed by atoms with van der Waals surface area (Å²) in [5, 5.41) is 8.23. The van der Waals surface area contributed by atoms with E-state index in [1.54, 1.807) is 0 Å². The van der Waals surface area contributed by atoms with E-state index in [1.807, 2.05) is 23.5 Å². The average molecular weight is 256 g/mol. The van der Waals surface area contributed by atoms with Crippen molar-refractivity contribution in [3.8, 4) is 0 Å². The lowest BCUT2D eigenvalue weighted by Crippen LogP contribution is -2.22. The van der Waals surface area contributed by atoms with Crippen LogP contribution in [0.2, 0.25) is 0 Å². The van der Waals surface area contributed by atoms with Crippen LogP contribution < -0.4 is 0 Å². The van der Waals surface area contributed by atoms with Crippen molar-refractivity contribution in [3.05, 3.63) is 56.8 Å². The highest BCUT2D eigenvalue weighted by molar-refractivity contribution is 7.12. The summed E-state index contributed by atoms with van der Waals surface area (Å²) in [4.78, 5) is 4.88. The summed E-state index contributed by atoms with van der Waals surface area (Å²) >= 11 is 1.84. The second kappa shape index (κ2) is 4.25. The third-order valence-corrected chi connectivity index (χ3v) is 4.65. The highest BCUT2D eigenvalue weighted by atomic mass is 32.1. The van der Waals surface area contributed by atoms with Crippen LogP contribution >= 0.6 is 11.3 Å². The van der Waals surface area contributed by atoms with Gasteiger partial charge in [0, 0.05) is 21.9 Å². The number of rotatable bonds is 2. The van der Waals surface area contributed by atoms with Gasteiger partial charge in [0.1, 0.15) is 5.84 Å². The standard InChI is InChI=1S/C15H16N2S/c1-10-7-13(18-11(10)2)9-17-8-12-5-3-4-6-14(12)15(17)16/h3-7,16H,8-9H2,1-2H3. The molecule has 18 heavy (non-hydrogen) atoms. The van der Waals surface area contributed by atoms with E-state index in [4.69, 9.17) is 5.41 Å². The number of aryl methyl sites for hydroxylation is 2. The molecule has 2 heterocycles. The molecule has 0 unspecified atom stereocenters. The van der Waals surface area contributed by atoms with Gasteiger partial charge in [0.05, 0.1) is 6.54 Å². The molecular weight excluding hydrogens is 240 g/mol. The minimum Gasteiger partial charge on any atom is -0.347 e. The summed E-state index contributed by atoms with van der Waals surface area (Å²) in [6.07, 6.45) is 0. The normalized spacial score (nSPS) is 14.1. The number of hydrogen-bond acceptors (Lipinski definition) is 2. The molecule has 3 heteroatoms. The fourth-order valence-electron chi connectivity index (χ4n) is 2.39. The smallest absolute Gasteiger partial charge is 0.129 e. The van der Waals surface area contributed by atoms with Crippen LogP contribution in [-0.2, 0) is 13.1 Å². The number of nitrogens with one attached hydrogen (secondary N) is 1. The first-order chi connectivity index (χ1) is 8.65. The van der Waals surface area contributed by atoms with Gasteiger partial charge in [0.15, 0.2) is 0 Å². The minimum atomic E-state index is 0.661. The largest absolute Gasteiger partial charge is 0.347 e. The van der Waals surface area contributed by atoms with Gasteiger partial charge in [-0.2, -0.15) is 0 Å². The molecule has 92 valence electrons. The lowest BCUT2D eigenvalue weighted by molar-refractivity contribution is 0.426. The molecule has 1 aromatic heterocycles. The van der Waals surface area contributed by atoms with Crippen LogP contribution in [0.15, 0.2) is 30.3 Å². The molecule has 0 aliphatic carbocycles. The van der Waals surface area contributed by atoms with Crippen molar-refractivity contribution < 1.29 is 0 Å². The Hall–Kier alpha value is -1.61. The number of amidine groups is 1. The van der Waals surface area contributed by atoms with Crippen molar-refractivity contribution in [1.82, 2.24) is 4.90 Å². The van der Waals surface area contributed by atoms with Crippen LogP contribution in [0.5, 0.6) is 0 Å². The molecule has 0 saturated carbocycles. The summed E-state index contributed by atoms with van der Waals surface area (Å²) < 4.78 is 0. The average Bonchev–Trinajstić information content (AvgIpc) is 2.83. The summed E-state index contributed by atoms with van der Waals surface area (Å²) in [5.41, 5.74) is 3.72. The van der Waals surface area contributed by atoms with Gasteiger partial charge < -0.3 is 4.90 Å². The van der Waals surface area contributed by atoms with Crippen molar-refractivity contribution in [3.63, 3.8) is 0 Å². The molecule has 1 aliphatic rings. The second-order valence-corrected chi connectivity index (χ2v) is 6.15. The summed E-state index contributed by atoms with van der Waals surface area (Å²) in [6.45, 7) is 6.03. The quantitative estimate of drug-likeness (QED) is 0.871. The Morgan fingerprint density at radius 1 is 1.28 bits per heavy atom. The van der Waals surface area contributed by atoms with E-state index in [1.165, 1.54) is 20.9 Å². The van der Waals surface area contributed by atoms with Crippen LogP contribution in [0, 0.1) is 19.3 Å². The zero-order valence-corrected chi connectivity index (χ0v) is 11.5. The van der Waals surface area contributed by atoms with E-state index in [9.17, 15) is 0 Å². The molecule has 2 nitrogen and oxygen atoms in total. The predicted molar refractivity (Wildman–Crippen MR) is 76.3 cm³/mol. The van der Waals surface area contributed by atoms with Gasteiger partial charge in [-0.05, 0) is 31.0 Å². The number of hydrogen-bond donors (Lipinski definition) is 1. The number of fused-ring (bicyclic) bond motifs is 1. The molecule has 0 radical (unpaired) electrons. The molecule has 1 aliphatic heterocycles. The first kappa shape index (κ1) is 11.5. The van der Waals surface area contributed by atoms with Crippen LogP contribution in [0.25, 0.3) is 0 Å². The van der Waals surface area contributed by atoms with Crippen molar-refractivity contribution in [2.45, 2.75) is 26.9 Å². The maximum absolute atomic E-state index is 8.23. The molecule has 1 N–H and O–H groups in total. The van der Waals surface area contributed by atoms with Crippen LogP contribution in [0.3, 0.4) is 0 Å². The third kappa shape index (κ3) is 1.85. The zero-order chi connectivity index (χ0) is 12.7.